The zero-order valence-corrected chi connectivity index (χ0v) is 14.4. The molecule has 1 fully saturated rings. The fourth-order valence-electron chi connectivity index (χ4n) is 3.52. The Morgan fingerprint density at radius 3 is 2.78 bits per heavy atom. The second-order valence-electron chi connectivity index (χ2n) is 6.69. The van der Waals surface area contributed by atoms with E-state index in [1.54, 1.807) is 29.6 Å². The Morgan fingerprint density at radius 2 is 1.93 bits per heavy atom. The van der Waals surface area contributed by atoms with Crippen molar-refractivity contribution in [2.45, 2.75) is 12.3 Å². The van der Waals surface area contributed by atoms with E-state index in [-0.39, 0.29) is 13.1 Å². The lowest BCUT2D eigenvalue weighted by molar-refractivity contribution is 0.217. The van der Waals surface area contributed by atoms with E-state index in [9.17, 15) is 8.78 Å². The molecule has 0 amide bonds. The van der Waals surface area contributed by atoms with Gasteiger partial charge in [-0.05, 0) is 18.2 Å². The van der Waals surface area contributed by atoms with E-state index in [2.05, 4.69) is 9.97 Å². The molecule has 0 saturated carbocycles. The molecule has 8 heteroatoms. The summed E-state index contributed by atoms with van der Waals surface area (Å²) in [5, 5.41) is 0.966. The highest BCUT2D eigenvalue weighted by molar-refractivity contribution is 5.80. The van der Waals surface area contributed by atoms with Gasteiger partial charge in [-0.15, -0.1) is 0 Å². The summed E-state index contributed by atoms with van der Waals surface area (Å²) in [7, 11) is 0. The van der Waals surface area contributed by atoms with Gasteiger partial charge in [0.15, 0.2) is 23.9 Å². The van der Waals surface area contributed by atoms with Gasteiger partial charge >= 0.3 is 0 Å². The van der Waals surface area contributed by atoms with Crippen LogP contribution in [-0.4, -0.2) is 53.5 Å². The van der Waals surface area contributed by atoms with Crippen LogP contribution in [0.4, 0.5) is 26.1 Å². The Balaban J connectivity index is 1.49. The number of fused-ring (bicyclic) bond motifs is 2. The lowest BCUT2D eigenvalue weighted by Crippen LogP contribution is -2.30. The van der Waals surface area contributed by atoms with Gasteiger partial charge < -0.3 is 14.5 Å². The number of ether oxygens (including phenoxy) is 1. The first-order valence-corrected chi connectivity index (χ1v) is 8.83. The van der Waals surface area contributed by atoms with E-state index < -0.39 is 12.3 Å². The maximum Gasteiger partial charge on any atom is 0.177 e. The van der Waals surface area contributed by atoms with Gasteiger partial charge in [0.05, 0.1) is 37.0 Å². The molecule has 0 aliphatic carbocycles. The molecule has 2 aliphatic rings. The topological polar surface area (TPSA) is 54.4 Å². The molecule has 0 spiro atoms. The van der Waals surface area contributed by atoms with Crippen LogP contribution in [0.25, 0.3) is 10.9 Å². The van der Waals surface area contributed by atoms with Crippen molar-refractivity contribution in [2.75, 3.05) is 36.0 Å². The SMILES string of the molecule is F[C@@H]1CN(c2cnc3c(c2)OCCN3c2ccc3cnccc3n2)C[C@H]1F. The minimum atomic E-state index is -1.46. The molecule has 2 atom stereocenters. The van der Waals surface area contributed by atoms with Crippen molar-refractivity contribution in [1.29, 1.82) is 0 Å². The number of hydrogen-bond donors (Lipinski definition) is 0. The zero-order valence-electron chi connectivity index (χ0n) is 14.4. The lowest BCUT2D eigenvalue weighted by Gasteiger charge is -2.30. The molecular formula is C19H17F2N5O. The summed E-state index contributed by atoms with van der Waals surface area (Å²) >= 11 is 0. The normalized spacial score (nSPS) is 22.0. The van der Waals surface area contributed by atoms with Crippen molar-refractivity contribution in [2.24, 2.45) is 0 Å². The predicted molar refractivity (Wildman–Crippen MR) is 98.3 cm³/mol. The largest absolute Gasteiger partial charge is 0.488 e. The molecule has 0 radical (unpaired) electrons. The Kier molecular flexibility index (Phi) is 3.77. The van der Waals surface area contributed by atoms with Gasteiger partial charge in [0.25, 0.3) is 0 Å². The van der Waals surface area contributed by atoms with Crippen LogP contribution in [0, 0.1) is 0 Å². The third-order valence-corrected chi connectivity index (χ3v) is 4.95. The molecule has 0 N–H and O–H groups in total. The summed E-state index contributed by atoms with van der Waals surface area (Å²) in [5.74, 6) is 2.01. The molecule has 2 aliphatic heterocycles. The Bertz CT molecular complexity index is 991. The van der Waals surface area contributed by atoms with Crippen LogP contribution >= 0.6 is 0 Å². The number of aromatic nitrogens is 3. The number of nitrogens with zero attached hydrogens (tertiary/aromatic N) is 5. The number of rotatable bonds is 2. The van der Waals surface area contributed by atoms with E-state index >= 15 is 0 Å². The molecule has 3 aromatic heterocycles. The van der Waals surface area contributed by atoms with Crippen LogP contribution < -0.4 is 14.5 Å². The Hall–Kier alpha value is -3.03. The van der Waals surface area contributed by atoms with E-state index in [0.717, 1.165) is 16.7 Å². The van der Waals surface area contributed by atoms with Gasteiger partial charge in [0, 0.05) is 23.8 Å². The van der Waals surface area contributed by atoms with Crippen LogP contribution in [0.3, 0.4) is 0 Å². The fourth-order valence-corrected chi connectivity index (χ4v) is 3.52. The maximum absolute atomic E-state index is 13.5. The van der Waals surface area contributed by atoms with E-state index in [1.807, 2.05) is 23.1 Å². The lowest BCUT2D eigenvalue weighted by atomic mass is 10.2. The molecule has 27 heavy (non-hydrogen) atoms. The first-order chi connectivity index (χ1) is 13.2. The van der Waals surface area contributed by atoms with Gasteiger partial charge in [-0.1, -0.05) is 0 Å². The number of hydrogen-bond acceptors (Lipinski definition) is 6. The van der Waals surface area contributed by atoms with Gasteiger partial charge in [0.1, 0.15) is 12.4 Å². The summed E-state index contributed by atoms with van der Waals surface area (Å²) in [6, 6.07) is 7.56. The molecule has 138 valence electrons. The quantitative estimate of drug-likeness (QED) is 0.692. The molecule has 0 unspecified atom stereocenters. The smallest absolute Gasteiger partial charge is 0.177 e. The summed E-state index contributed by atoms with van der Waals surface area (Å²) in [6.45, 7) is 1.16. The van der Waals surface area contributed by atoms with Gasteiger partial charge in [-0.25, -0.2) is 18.7 Å². The summed E-state index contributed by atoms with van der Waals surface area (Å²) in [5.41, 5.74) is 1.52. The van der Waals surface area contributed by atoms with Crippen molar-refractivity contribution in [3.63, 3.8) is 0 Å². The van der Waals surface area contributed by atoms with Gasteiger partial charge in [-0.3, -0.25) is 4.98 Å². The average Bonchev–Trinajstić information content (AvgIpc) is 3.05. The second kappa shape index (κ2) is 6.29. The fraction of sp³-hybridized carbons (Fsp3) is 0.316. The number of anilines is 3. The van der Waals surface area contributed by atoms with Crippen molar-refractivity contribution in [3.05, 3.63) is 42.9 Å². The standard InChI is InChI=1S/C19H17F2N5O/c20-14-10-25(11-15(14)21)13-7-17-19(23-9-13)26(5-6-27-17)18-2-1-12-8-22-4-3-16(12)24-18/h1-4,7-9,14-15H,5-6,10-11H2/t14-,15-/m1/s1. The molecule has 5 heterocycles. The molecule has 3 aromatic rings. The van der Waals surface area contributed by atoms with Crippen LogP contribution in [0.15, 0.2) is 42.9 Å². The summed E-state index contributed by atoms with van der Waals surface area (Å²) in [4.78, 5) is 17.0. The van der Waals surface area contributed by atoms with Gasteiger partial charge in [-0.2, -0.15) is 0 Å². The first-order valence-electron chi connectivity index (χ1n) is 8.83. The van der Waals surface area contributed by atoms with Crippen LogP contribution in [0.5, 0.6) is 5.75 Å². The molecule has 0 aromatic carbocycles. The average molecular weight is 369 g/mol. The van der Waals surface area contributed by atoms with Crippen molar-refractivity contribution in [3.8, 4) is 5.75 Å². The van der Waals surface area contributed by atoms with Crippen LogP contribution in [0.2, 0.25) is 0 Å². The second-order valence-corrected chi connectivity index (χ2v) is 6.69. The Morgan fingerprint density at radius 1 is 1.07 bits per heavy atom. The summed E-state index contributed by atoms with van der Waals surface area (Å²) in [6.07, 6.45) is 2.19. The van der Waals surface area contributed by atoms with E-state index in [1.165, 1.54) is 0 Å². The predicted octanol–water partition coefficient (Wildman–Crippen LogP) is 3.05. The molecule has 5 rings (SSSR count). The third kappa shape index (κ3) is 2.81. The monoisotopic (exact) mass is 369 g/mol. The number of halogens is 2. The number of pyridine rings is 3. The highest BCUT2D eigenvalue weighted by atomic mass is 19.2. The van der Waals surface area contributed by atoms with Crippen molar-refractivity contribution in [1.82, 2.24) is 15.0 Å². The number of alkyl halides is 2. The molecule has 1 saturated heterocycles. The van der Waals surface area contributed by atoms with Crippen LogP contribution in [-0.2, 0) is 0 Å². The molecular weight excluding hydrogens is 352 g/mol. The highest BCUT2D eigenvalue weighted by Crippen LogP contribution is 2.37. The molecule has 6 nitrogen and oxygen atoms in total. The Labute approximate surface area is 154 Å². The highest BCUT2D eigenvalue weighted by Gasteiger charge is 2.34. The van der Waals surface area contributed by atoms with Crippen molar-refractivity contribution >= 4 is 28.2 Å². The minimum Gasteiger partial charge on any atom is -0.488 e. The molecule has 0 bridgehead atoms. The summed E-state index contributed by atoms with van der Waals surface area (Å²) < 4.78 is 32.8. The van der Waals surface area contributed by atoms with Crippen molar-refractivity contribution < 1.29 is 13.5 Å². The van der Waals surface area contributed by atoms with E-state index in [4.69, 9.17) is 9.72 Å². The van der Waals surface area contributed by atoms with E-state index in [0.29, 0.717) is 30.4 Å². The maximum atomic E-state index is 13.5. The zero-order chi connectivity index (χ0) is 18.4. The third-order valence-electron chi connectivity index (χ3n) is 4.95. The minimum absolute atomic E-state index is 0.0333. The first kappa shape index (κ1) is 16.2. The van der Waals surface area contributed by atoms with Gasteiger partial charge in [0.2, 0.25) is 0 Å². The van der Waals surface area contributed by atoms with Crippen LogP contribution in [0.1, 0.15) is 0 Å².